The summed E-state index contributed by atoms with van der Waals surface area (Å²) in [4.78, 5) is 11.2. The first kappa shape index (κ1) is 14.0. The molecule has 2 rings (SSSR count). The van der Waals surface area contributed by atoms with Gasteiger partial charge in [0.15, 0.2) is 0 Å². The maximum atomic E-state index is 11.2. The van der Waals surface area contributed by atoms with E-state index >= 15 is 0 Å². The van der Waals surface area contributed by atoms with Crippen LogP contribution in [0, 0.1) is 0 Å². The van der Waals surface area contributed by atoms with E-state index in [0.717, 1.165) is 25.3 Å². The average molecular weight is 260 g/mol. The largest absolute Gasteiger partial charge is 0.466 e. The normalized spacial score (nSPS) is 13.7. The Morgan fingerprint density at radius 2 is 2.47 bits per heavy atom. The third kappa shape index (κ3) is 3.71. The molecule has 17 heavy (non-hydrogen) atoms. The summed E-state index contributed by atoms with van der Waals surface area (Å²) in [6.07, 6.45) is 1.08. The second-order valence-electron chi connectivity index (χ2n) is 3.83. The van der Waals surface area contributed by atoms with Crippen molar-refractivity contribution in [2.75, 3.05) is 13.2 Å². The minimum Gasteiger partial charge on any atom is -0.466 e. The van der Waals surface area contributed by atoms with E-state index in [0.29, 0.717) is 19.4 Å². The predicted octanol–water partition coefficient (Wildman–Crippen LogP) is 0.904. The third-order valence-electron chi connectivity index (χ3n) is 2.61. The van der Waals surface area contributed by atoms with Crippen LogP contribution in [0.1, 0.15) is 24.7 Å². The highest BCUT2D eigenvalue weighted by atomic mass is 35.5. The SMILES string of the molecule is CCOC(=O)CCc1cc2n(n1)CCNC2.Cl. The van der Waals surface area contributed by atoms with Gasteiger partial charge in [0.2, 0.25) is 0 Å². The molecule has 1 aromatic heterocycles. The highest BCUT2D eigenvalue weighted by Gasteiger charge is 2.12. The standard InChI is InChI=1S/C11H17N3O2.ClH/c1-2-16-11(15)4-3-9-7-10-8-12-5-6-14(10)13-9;/h7,12H,2-6,8H2,1H3;1H. The van der Waals surface area contributed by atoms with Gasteiger partial charge in [-0.05, 0) is 13.0 Å². The Hall–Kier alpha value is -1.07. The van der Waals surface area contributed by atoms with Crippen LogP contribution < -0.4 is 5.32 Å². The number of carbonyl (C=O) groups excluding carboxylic acids is 1. The summed E-state index contributed by atoms with van der Waals surface area (Å²) in [6.45, 7) is 5.01. The fraction of sp³-hybridized carbons (Fsp3) is 0.636. The number of hydrogen-bond acceptors (Lipinski definition) is 4. The van der Waals surface area contributed by atoms with Gasteiger partial charge in [-0.25, -0.2) is 0 Å². The lowest BCUT2D eigenvalue weighted by Crippen LogP contribution is -2.28. The lowest BCUT2D eigenvalue weighted by molar-refractivity contribution is -0.143. The quantitative estimate of drug-likeness (QED) is 0.817. The minimum absolute atomic E-state index is 0. The Morgan fingerprint density at radius 3 is 3.18 bits per heavy atom. The van der Waals surface area contributed by atoms with Gasteiger partial charge >= 0.3 is 5.97 Å². The Bertz CT molecular complexity index is 355. The summed E-state index contributed by atoms with van der Waals surface area (Å²) in [5, 5.41) is 7.74. The second kappa shape index (κ2) is 6.61. The van der Waals surface area contributed by atoms with E-state index in [1.54, 1.807) is 0 Å². The van der Waals surface area contributed by atoms with Crippen LogP contribution in [0.3, 0.4) is 0 Å². The maximum absolute atomic E-state index is 11.2. The summed E-state index contributed by atoms with van der Waals surface area (Å²) >= 11 is 0. The van der Waals surface area contributed by atoms with E-state index in [2.05, 4.69) is 16.5 Å². The molecule has 0 bridgehead atoms. The molecular weight excluding hydrogens is 242 g/mol. The van der Waals surface area contributed by atoms with E-state index in [4.69, 9.17) is 4.74 Å². The lowest BCUT2D eigenvalue weighted by Gasteiger charge is -2.13. The maximum Gasteiger partial charge on any atom is 0.306 e. The van der Waals surface area contributed by atoms with E-state index in [1.165, 1.54) is 5.69 Å². The first-order valence-corrected chi connectivity index (χ1v) is 5.71. The number of aromatic nitrogens is 2. The number of ether oxygens (including phenoxy) is 1. The summed E-state index contributed by atoms with van der Waals surface area (Å²) in [6, 6.07) is 2.06. The first-order chi connectivity index (χ1) is 7.79. The van der Waals surface area contributed by atoms with E-state index in [1.807, 2.05) is 11.6 Å². The van der Waals surface area contributed by atoms with Crippen molar-refractivity contribution in [2.24, 2.45) is 0 Å². The Balaban J connectivity index is 0.00000144. The van der Waals surface area contributed by atoms with Gasteiger partial charge in [-0.1, -0.05) is 0 Å². The molecule has 0 unspecified atom stereocenters. The van der Waals surface area contributed by atoms with E-state index in [-0.39, 0.29) is 18.4 Å². The topological polar surface area (TPSA) is 56.2 Å². The monoisotopic (exact) mass is 259 g/mol. The van der Waals surface area contributed by atoms with Crippen molar-refractivity contribution in [3.63, 3.8) is 0 Å². The molecular formula is C11H18ClN3O2. The predicted molar refractivity (Wildman–Crippen MR) is 66.1 cm³/mol. The van der Waals surface area contributed by atoms with E-state index < -0.39 is 0 Å². The summed E-state index contributed by atoms with van der Waals surface area (Å²) < 4.78 is 6.89. The molecule has 0 atom stereocenters. The van der Waals surface area contributed by atoms with Crippen molar-refractivity contribution in [3.8, 4) is 0 Å². The van der Waals surface area contributed by atoms with Crippen molar-refractivity contribution >= 4 is 18.4 Å². The minimum atomic E-state index is -0.147. The zero-order valence-corrected chi connectivity index (χ0v) is 10.8. The van der Waals surface area contributed by atoms with Crippen LogP contribution in [0.4, 0.5) is 0 Å². The summed E-state index contributed by atoms with van der Waals surface area (Å²) in [7, 11) is 0. The number of aryl methyl sites for hydroxylation is 1. The zero-order valence-electron chi connectivity index (χ0n) is 9.94. The number of hydrogen-bond donors (Lipinski definition) is 1. The van der Waals surface area contributed by atoms with Crippen molar-refractivity contribution < 1.29 is 9.53 Å². The van der Waals surface area contributed by atoms with Crippen LogP contribution >= 0.6 is 12.4 Å². The number of fused-ring (bicyclic) bond motifs is 1. The van der Waals surface area contributed by atoms with Crippen LogP contribution in [0.15, 0.2) is 6.07 Å². The summed E-state index contributed by atoms with van der Waals surface area (Å²) in [5.74, 6) is -0.147. The number of halogens is 1. The number of rotatable bonds is 4. The Kier molecular flexibility index (Phi) is 5.44. The molecule has 2 heterocycles. The highest BCUT2D eigenvalue weighted by Crippen LogP contribution is 2.09. The number of nitrogens with one attached hydrogen (secondary N) is 1. The van der Waals surface area contributed by atoms with Crippen molar-refractivity contribution in [2.45, 2.75) is 32.9 Å². The number of nitrogens with zero attached hydrogens (tertiary/aromatic N) is 2. The van der Waals surface area contributed by atoms with E-state index in [9.17, 15) is 4.79 Å². The molecule has 96 valence electrons. The molecule has 0 saturated carbocycles. The molecule has 1 aliphatic heterocycles. The molecule has 0 aliphatic carbocycles. The number of carbonyl (C=O) groups is 1. The molecule has 0 amide bonds. The van der Waals surface area contributed by atoms with Gasteiger partial charge in [-0.3, -0.25) is 9.48 Å². The second-order valence-corrected chi connectivity index (χ2v) is 3.83. The van der Waals surface area contributed by atoms with Gasteiger partial charge in [0.25, 0.3) is 0 Å². The van der Waals surface area contributed by atoms with Crippen LogP contribution in [0.5, 0.6) is 0 Å². The van der Waals surface area contributed by atoms with Gasteiger partial charge in [0.1, 0.15) is 0 Å². The van der Waals surface area contributed by atoms with Crippen LogP contribution in [0.25, 0.3) is 0 Å². The van der Waals surface area contributed by atoms with Crippen LogP contribution in [-0.4, -0.2) is 28.9 Å². The molecule has 0 saturated heterocycles. The van der Waals surface area contributed by atoms with Crippen molar-refractivity contribution in [1.82, 2.24) is 15.1 Å². The molecule has 1 aliphatic rings. The lowest BCUT2D eigenvalue weighted by atomic mass is 10.2. The number of esters is 1. The Morgan fingerprint density at radius 1 is 1.65 bits per heavy atom. The molecule has 5 nitrogen and oxygen atoms in total. The third-order valence-corrected chi connectivity index (χ3v) is 2.61. The molecule has 0 spiro atoms. The first-order valence-electron chi connectivity index (χ1n) is 5.71. The fourth-order valence-electron chi connectivity index (χ4n) is 1.84. The van der Waals surface area contributed by atoms with Crippen molar-refractivity contribution in [3.05, 3.63) is 17.5 Å². The molecule has 6 heteroatoms. The van der Waals surface area contributed by atoms with Gasteiger partial charge in [-0.2, -0.15) is 5.10 Å². The highest BCUT2D eigenvalue weighted by molar-refractivity contribution is 5.85. The van der Waals surface area contributed by atoms with Gasteiger partial charge < -0.3 is 10.1 Å². The molecule has 1 N–H and O–H groups in total. The average Bonchev–Trinajstić information content (AvgIpc) is 2.69. The van der Waals surface area contributed by atoms with Crippen LogP contribution in [0.2, 0.25) is 0 Å². The molecule has 1 aromatic rings. The molecule has 0 radical (unpaired) electrons. The zero-order chi connectivity index (χ0) is 11.4. The fourth-order valence-corrected chi connectivity index (χ4v) is 1.84. The molecule has 0 aromatic carbocycles. The van der Waals surface area contributed by atoms with Gasteiger partial charge in [0.05, 0.1) is 31.0 Å². The van der Waals surface area contributed by atoms with Gasteiger partial charge in [-0.15, -0.1) is 12.4 Å². The van der Waals surface area contributed by atoms with Crippen LogP contribution in [-0.2, 0) is 29.0 Å². The smallest absolute Gasteiger partial charge is 0.306 e. The van der Waals surface area contributed by atoms with Gasteiger partial charge in [0, 0.05) is 19.5 Å². The molecule has 0 fully saturated rings. The Labute approximate surface area is 107 Å². The van der Waals surface area contributed by atoms with Crippen molar-refractivity contribution in [1.29, 1.82) is 0 Å². The summed E-state index contributed by atoms with van der Waals surface area (Å²) in [5.41, 5.74) is 2.18.